The Bertz CT molecular complexity index is 906. The second-order valence-electron chi connectivity index (χ2n) is 5.14. The number of nitro groups is 1. The Morgan fingerprint density at radius 2 is 1.92 bits per heavy atom. The van der Waals surface area contributed by atoms with Gasteiger partial charge in [0.2, 0.25) is 0 Å². The van der Waals surface area contributed by atoms with Crippen molar-refractivity contribution in [1.82, 2.24) is 0 Å². The van der Waals surface area contributed by atoms with E-state index in [9.17, 15) is 19.7 Å². The number of hydrogen-bond acceptors (Lipinski definition) is 6. The van der Waals surface area contributed by atoms with Crippen molar-refractivity contribution < 1.29 is 19.2 Å². The van der Waals surface area contributed by atoms with Crippen LogP contribution in [0.2, 0.25) is 5.02 Å². The van der Waals surface area contributed by atoms with Gasteiger partial charge in [0, 0.05) is 16.8 Å². The smallest absolute Gasteiger partial charge is 0.345 e. The molecule has 0 saturated carbocycles. The average molecular weight is 374 g/mol. The number of nitriles is 1. The number of nitro benzene ring substituents is 1. The largest absolute Gasteiger partial charge is 0.449 e. The molecule has 0 aromatic heterocycles. The SMILES string of the molecule is C[C@H](OC(=O)c1cc(Cl)ccc1[N+](=O)[O-])C(=O)Nc1ccc(C#N)cc1. The highest BCUT2D eigenvalue weighted by atomic mass is 35.5. The molecule has 0 aliphatic carbocycles. The van der Waals surface area contributed by atoms with Gasteiger partial charge in [-0.2, -0.15) is 5.26 Å². The van der Waals surface area contributed by atoms with Crippen LogP contribution in [-0.4, -0.2) is 22.9 Å². The minimum absolute atomic E-state index is 0.122. The van der Waals surface area contributed by atoms with Crippen molar-refractivity contribution in [2.24, 2.45) is 0 Å². The van der Waals surface area contributed by atoms with Crippen molar-refractivity contribution in [3.63, 3.8) is 0 Å². The summed E-state index contributed by atoms with van der Waals surface area (Å²) in [7, 11) is 0. The Morgan fingerprint density at radius 1 is 1.27 bits per heavy atom. The van der Waals surface area contributed by atoms with E-state index in [0.29, 0.717) is 11.3 Å². The van der Waals surface area contributed by atoms with Gasteiger partial charge in [-0.15, -0.1) is 0 Å². The number of amides is 1. The first-order valence-electron chi connectivity index (χ1n) is 7.27. The number of halogens is 1. The lowest BCUT2D eigenvalue weighted by atomic mass is 10.2. The predicted molar refractivity (Wildman–Crippen MR) is 92.8 cm³/mol. The van der Waals surface area contributed by atoms with E-state index in [-0.39, 0.29) is 10.6 Å². The molecule has 0 radical (unpaired) electrons. The summed E-state index contributed by atoms with van der Waals surface area (Å²) in [6.07, 6.45) is -1.21. The fourth-order valence-electron chi connectivity index (χ4n) is 1.98. The summed E-state index contributed by atoms with van der Waals surface area (Å²) in [6, 6.07) is 11.5. The molecule has 2 rings (SSSR count). The zero-order chi connectivity index (χ0) is 19.3. The maximum atomic E-state index is 12.2. The van der Waals surface area contributed by atoms with Crippen LogP contribution in [0.1, 0.15) is 22.8 Å². The van der Waals surface area contributed by atoms with E-state index in [1.807, 2.05) is 6.07 Å². The molecule has 0 spiro atoms. The van der Waals surface area contributed by atoms with Crippen molar-refractivity contribution in [3.05, 3.63) is 68.7 Å². The molecule has 2 aromatic rings. The summed E-state index contributed by atoms with van der Waals surface area (Å²) in [5.41, 5.74) is 0.0148. The number of nitrogens with one attached hydrogen (secondary N) is 1. The number of carbonyl (C=O) groups is 2. The van der Waals surface area contributed by atoms with Crippen molar-refractivity contribution in [2.75, 3.05) is 5.32 Å². The van der Waals surface area contributed by atoms with E-state index >= 15 is 0 Å². The van der Waals surface area contributed by atoms with Gasteiger partial charge in [-0.05, 0) is 43.3 Å². The first-order chi connectivity index (χ1) is 12.3. The highest BCUT2D eigenvalue weighted by Gasteiger charge is 2.25. The van der Waals surface area contributed by atoms with Crippen LogP contribution in [0.15, 0.2) is 42.5 Å². The molecule has 0 bridgehead atoms. The van der Waals surface area contributed by atoms with Crippen LogP contribution in [0.5, 0.6) is 0 Å². The number of benzene rings is 2. The molecule has 26 heavy (non-hydrogen) atoms. The van der Waals surface area contributed by atoms with Crippen LogP contribution < -0.4 is 5.32 Å². The topological polar surface area (TPSA) is 122 Å². The fourth-order valence-corrected chi connectivity index (χ4v) is 2.15. The van der Waals surface area contributed by atoms with Crippen LogP contribution in [0.4, 0.5) is 11.4 Å². The number of esters is 1. The van der Waals surface area contributed by atoms with Gasteiger partial charge in [0.05, 0.1) is 16.6 Å². The Morgan fingerprint density at radius 3 is 2.50 bits per heavy atom. The van der Waals surface area contributed by atoms with Gasteiger partial charge >= 0.3 is 5.97 Å². The summed E-state index contributed by atoms with van der Waals surface area (Å²) < 4.78 is 4.99. The number of ether oxygens (including phenoxy) is 1. The van der Waals surface area contributed by atoms with Crippen LogP contribution >= 0.6 is 11.6 Å². The van der Waals surface area contributed by atoms with Gasteiger partial charge in [-0.3, -0.25) is 14.9 Å². The van der Waals surface area contributed by atoms with E-state index in [4.69, 9.17) is 21.6 Å². The lowest BCUT2D eigenvalue weighted by Crippen LogP contribution is -2.30. The van der Waals surface area contributed by atoms with Crippen LogP contribution in [-0.2, 0) is 9.53 Å². The standard InChI is InChI=1S/C17H12ClN3O5/c1-10(16(22)20-13-5-2-11(9-19)3-6-13)26-17(23)14-8-12(18)4-7-15(14)21(24)25/h2-8,10H,1H3,(H,20,22)/t10-/m0/s1. The number of nitrogens with zero attached hydrogens (tertiary/aromatic N) is 2. The summed E-state index contributed by atoms with van der Waals surface area (Å²) in [5, 5.41) is 22.4. The van der Waals surface area contributed by atoms with Gasteiger partial charge in [0.15, 0.2) is 6.10 Å². The van der Waals surface area contributed by atoms with Gasteiger partial charge in [-0.1, -0.05) is 11.6 Å². The zero-order valence-corrected chi connectivity index (χ0v) is 14.2. The molecule has 2 aromatic carbocycles. The quantitative estimate of drug-likeness (QED) is 0.487. The third-order valence-corrected chi connectivity index (χ3v) is 3.54. The van der Waals surface area contributed by atoms with E-state index in [2.05, 4.69) is 5.32 Å². The first-order valence-corrected chi connectivity index (χ1v) is 7.65. The molecule has 0 fully saturated rings. The van der Waals surface area contributed by atoms with Gasteiger partial charge in [0.1, 0.15) is 5.56 Å². The second-order valence-corrected chi connectivity index (χ2v) is 5.58. The van der Waals surface area contributed by atoms with Gasteiger partial charge in [-0.25, -0.2) is 4.79 Å². The predicted octanol–water partition coefficient (Wildman–Crippen LogP) is 3.30. The molecule has 0 unspecified atom stereocenters. The highest BCUT2D eigenvalue weighted by molar-refractivity contribution is 6.31. The third-order valence-electron chi connectivity index (χ3n) is 3.31. The number of rotatable bonds is 5. The maximum Gasteiger partial charge on any atom is 0.345 e. The second kappa shape index (κ2) is 8.09. The molecule has 1 amide bonds. The summed E-state index contributed by atoms with van der Waals surface area (Å²) in [6.45, 7) is 1.33. The maximum absolute atomic E-state index is 12.2. The molecule has 0 aliphatic rings. The summed E-state index contributed by atoms with van der Waals surface area (Å²) in [4.78, 5) is 34.5. The molecule has 8 nitrogen and oxygen atoms in total. The van der Waals surface area contributed by atoms with Crippen LogP contribution in [0.3, 0.4) is 0 Å². The molecule has 0 saturated heterocycles. The Hall–Kier alpha value is -3.44. The van der Waals surface area contributed by atoms with Crippen molar-refractivity contribution in [2.45, 2.75) is 13.0 Å². The van der Waals surface area contributed by atoms with Crippen LogP contribution in [0, 0.1) is 21.4 Å². The minimum atomic E-state index is -1.21. The minimum Gasteiger partial charge on any atom is -0.449 e. The first kappa shape index (κ1) is 18.9. The van der Waals surface area contributed by atoms with Crippen molar-refractivity contribution in [1.29, 1.82) is 5.26 Å². The normalized spacial score (nSPS) is 11.1. The van der Waals surface area contributed by atoms with Crippen molar-refractivity contribution >= 4 is 34.9 Å². The third kappa shape index (κ3) is 4.55. The molecule has 1 atom stereocenters. The number of hydrogen-bond donors (Lipinski definition) is 1. The monoisotopic (exact) mass is 373 g/mol. The Balaban J connectivity index is 2.08. The molecule has 1 N–H and O–H groups in total. The molecule has 132 valence electrons. The molecular weight excluding hydrogens is 362 g/mol. The Labute approximate surface area is 153 Å². The average Bonchev–Trinajstić information content (AvgIpc) is 2.61. The van der Waals surface area contributed by atoms with Gasteiger partial charge < -0.3 is 10.1 Å². The fraction of sp³-hybridized carbons (Fsp3) is 0.118. The lowest BCUT2D eigenvalue weighted by Gasteiger charge is -2.13. The molecule has 0 aliphatic heterocycles. The molecular formula is C17H12ClN3O5. The highest BCUT2D eigenvalue weighted by Crippen LogP contribution is 2.24. The van der Waals surface area contributed by atoms with Gasteiger partial charge in [0.25, 0.3) is 11.6 Å². The zero-order valence-electron chi connectivity index (χ0n) is 13.4. The number of carbonyl (C=O) groups excluding carboxylic acids is 2. The van der Waals surface area contributed by atoms with E-state index < -0.39 is 28.6 Å². The molecule has 9 heteroatoms. The van der Waals surface area contributed by atoms with Crippen molar-refractivity contribution in [3.8, 4) is 6.07 Å². The lowest BCUT2D eigenvalue weighted by molar-refractivity contribution is -0.385. The summed E-state index contributed by atoms with van der Waals surface area (Å²) >= 11 is 5.76. The summed E-state index contributed by atoms with van der Waals surface area (Å²) in [5.74, 6) is -1.67. The van der Waals surface area contributed by atoms with E-state index in [1.165, 1.54) is 37.3 Å². The van der Waals surface area contributed by atoms with E-state index in [1.54, 1.807) is 0 Å². The molecule has 0 heterocycles. The van der Waals surface area contributed by atoms with E-state index in [0.717, 1.165) is 12.1 Å². The Kier molecular flexibility index (Phi) is 5.88. The van der Waals surface area contributed by atoms with Crippen LogP contribution in [0.25, 0.3) is 0 Å². The number of anilines is 1.